The molecule has 12 aromatic rings. The molecule has 446 valence electrons. The Labute approximate surface area is 578 Å². The van der Waals surface area contributed by atoms with Crippen molar-refractivity contribution in [2.75, 3.05) is 6.61 Å². The molecule has 0 fully saturated rings. The average Bonchev–Trinajstić information content (AvgIpc) is 0.752. The van der Waals surface area contributed by atoms with Crippen LogP contribution in [0.4, 0.5) is 0 Å². The summed E-state index contributed by atoms with van der Waals surface area (Å²) in [4.78, 5) is 0. The maximum Gasteiger partial charge on any atom is 0.102 e. The normalized spacial score (nSPS) is 10.8. The van der Waals surface area contributed by atoms with Crippen LogP contribution >= 0.6 is 23.8 Å². The molecule has 88 heavy (non-hydrogen) atoms. The van der Waals surface area contributed by atoms with E-state index in [0.29, 0.717) is 23.3 Å². The molecule has 4 radical (unpaired) electrons. The summed E-state index contributed by atoms with van der Waals surface area (Å²) in [5.74, 6) is 7.69. The van der Waals surface area contributed by atoms with Gasteiger partial charge >= 0.3 is 168 Å². The minimum atomic E-state index is -3.04. The van der Waals surface area contributed by atoms with Crippen molar-refractivity contribution in [1.29, 1.82) is 0 Å². The Morgan fingerprint density at radius 2 is 0.591 bits per heavy atom. The molecule has 1 nitrogen and oxygen atoms in total. The van der Waals surface area contributed by atoms with Crippen molar-refractivity contribution in [3.8, 4) is 17.8 Å². The second-order valence-corrected chi connectivity index (χ2v) is 30.0. The Kier molecular flexibility index (Phi) is 30.3. The molecule has 12 rings (SSSR count). The molecule has 0 saturated carbocycles. The molecule has 0 saturated heterocycles. The van der Waals surface area contributed by atoms with Crippen molar-refractivity contribution in [2.24, 2.45) is 0 Å². The molecule has 0 spiro atoms. The first-order chi connectivity index (χ1) is 42.1. The van der Waals surface area contributed by atoms with E-state index in [1.165, 1.54) is 47.7 Å². The van der Waals surface area contributed by atoms with E-state index in [9.17, 15) is 0 Å². The van der Waals surface area contributed by atoms with Gasteiger partial charge in [0.25, 0.3) is 0 Å². The SMILES string of the molecule is [Au].[Au].[Au].[C]#Cc1ccccc1[Si]([OH+]CC)(c1ccccc1C#[C+])c1ccccc1C#[C-].[HH].[HH].[HH].c1ccc(P(c2ccccc2)c2ccccc2)cc1.c1ccc([PH+](c2ccccc2)c2ccccc2)cc1.c1ccc([PH+](c2ccccc2)c2ccccc2)cc1. The largest absolute Gasteiger partial charge is 0.102 e. The van der Waals surface area contributed by atoms with E-state index in [0.717, 1.165) is 15.6 Å². The molecule has 0 aromatic heterocycles. The first kappa shape index (κ1) is 70.3. The summed E-state index contributed by atoms with van der Waals surface area (Å²) in [5, 5.41) is 15.5. The second kappa shape index (κ2) is 37.9. The molecule has 0 aliphatic carbocycles. The molecule has 0 unspecified atom stereocenters. The van der Waals surface area contributed by atoms with Crippen LogP contribution in [0.1, 0.15) is 27.9 Å². The number of benzene rings is 12. The molecule has 1 N–H and O–H groups in total. The Hall–Kier alpha value is -6.77. The van der Waals surface area contributed by atoms with Crippen molar-refractivity contribution >= 4 is 95.4 Å². The van der Waals surface area contributed by atoms with Gasteiger partial charge in [-0.05, 0) is 96.6 Å². The van der Waals surface area contributed by atoms with Crippen LogP contribution in [0.5, 0.6) is 0 Å². The number of aliphatic hydroxyl groups is 1. The Balaban J connectivity index is 0.000000314. The maximum atomic E-state index is 7.84. The zero-order valence-electron chi connectivity index (χ0n) is 48.4. The first-order valence-corrected chi connectivity index (χ1v) is 34.6. The number of hydrogen-bond acceptors (Lipinski definition) is 0. The third-order valence-corrected chi connectivity index (χ3v) is 26.5. The van der Waals surface area contributed by atoms with Crippen molar-refractivity contribution in [1.82, 2.24) is 0 Å². The van der Waals surface area contributed by atoms with Crippen molar-refractivity contribution < 1.29 is 75.8 Å². The van der Waals surface area contributed by atoms with Gasteiger partial charge in [0.05, 0.1) is 15.8 Å². The fraction of sp³-hybridized carbons (Fsp3) is 0.0250. The summed E-state index contributed by atoms with van der Waals surface area (Å²) in [6.45, 7) is 2.56. The predicted molar refractivity (Wildman–Crippen MR) is 380 cm³/mol. The van der Waals surface area contributed by atoms with Crippen LogP contribution in [0, 0.1) is 37.0 Å². The van der Waals surface area contributed by atoms with E-state index in [4.69, 9.17) is 23.7 Å². The standard InChI is InChI=1S/C26H17OSi.3C18H15P.3Au.3H2/c1-5-21-15-9-12-18-24(21)28(27-8-4,25-19-13-10-16-22(25)6-2)26-20-14-11-17-23(26)7-3;3*1-4-10-16(11-5-1)19(17-12-6-2-7-13-17)18-14-8-3-9-15-18;;;;;;/h9-20H,8H2,4H3;3*1-15H;;;;3*1H/p+3. The van der Waals surface area contributed by atoms with Crippen molar-refractivity contribution in [3.05, 3.63) is 382 Å². The minimum absolute atomic E-state index is 0. The van der Waals surface area contributed by atoms with Gasteiger partial charge in [0.15, 0.2) is 0 Å². The van der Waals surface area contributed by atoms with Gasteiger partial charge in [0.2, 0.25) is 0 Å². The van der Waals surface area contributed by atoms with Crippen LogP contribution in [0.25, 0.3) is 0 Å². The van der Waals surface area contributed by atoms with Crippen LogP contribution in [0.15, 0.2) is 346 Å². The first-order valence-electron chi connectivity index (χ1n) is 28.3. The zero-order valence-corrected chi connectivity index (χ0v) is 58.8. The van der Waals surface area contributed by atoms with Gasteiger partial charge in [-0.15, -0.1) is 0 Å². The number of rotatable bonds is 14. The van der Waals surface area contributed by atoms with Gasteiger partial charge in [0.1, 0.15) is 31.8 Å². The summed E-state index contributed by atoms with van der Waals surface area (Å²) >= 11 is 0. The summed E-state index contributed by atoms with van der Waals surface area (Å²) in [5.41, 5.74) is 2.02. The number of hydrogen-bond donors (Lipinski definition) is 0. The third-order valence-electron chi connectivity index (χ3n) is 14.2. The monoisotopic (exact) mass is 1760 g/mol. The van der Waals surface area contributed by atoms with Crippen molar-refractivity contribution in [3.63, 3.8) is 0 Å². The van der Waals surface area contributed by atoms with E-state index < -0.39 is 32.1 Å². The van der Waals surface area contributed by atoms with Gasteiger partial charge in [-0.3, -0.25) is 0 Å². The summed E-state index contributed by atoms with van der Waals surface area (Å²) < 4.78 is 5.16. The Morgan fingerprint density at radius 1 is 0.364 bits per heavy atom. The molecule has 0 heterocycles. The summed E-state index contributed by atoms with van der Waals surface area (Å²) in [6.07, 6.45) is 23.5. The molecule has 0 aliphatic rings. The third kappa shape index (κ3) is 18.4. The smallest absolute Gasteiger partial charge is 0.0622 e. The van der Waals surface area contributed by atoms with Crippen LogP contribution in [0.2, 0.25) is 0 Å². The fourth-order valence-corrected chi connectivity index (χ4v) is 22.4. The van der Waals surface area contributed by atoms with E-state index in [-0.39, 0.29) is 71.4 Å². The molecule has 0 bridgehead atoms. The Bertz CT molecular complexity index is 3380. The molecule has 12 aromatic carbocycles. The van der Waals surface area contributed by atoms with E-state index in [2.05, 4.69) is 291 Å². The van der Waals surface area contributed by atoms with Gasteiger partial charge < -0.3 is 0 Å². The summed E-state index contributed by atoms with van der Waals surface area (Å²) in [7, 11) is -5.24. The van der Waals surface area contributed by atoms with E-state index in [1.54, 1.807) is 0 Å². The van der Waals surface area contributed by atoms with Crippen LogP contribution in [-0.2, 0) is 67.1 Å². The van der Waals surface area contributed by atoms with Crippen LogP contribution in [0.3, 0.4) is 0 Å². The zero-order chi connectivity index (χ0) is 58.7. The van der Waals surface area contributed by atoms with Gasteiger partial charge in [0, 0.05) is 71.4 Å². The van der Waals surface area contributed by atoms with Crippen LogP contribution in [-0.4, -0.2) is 19.4 Å². The van der Waals surface area contributed by atoms with Crippen LogP contribution < -0.4 is 63.3 Å². The molecule has 0 aliphatic heterocycles. The predicted octanol–water partition coefficient (Wildman–Crippen LogP) is 12.5. The minimum Gasteiger partial charge on any atom is -0.0622 e. The van der Waals surface area contributed by atoms with Gasteiger partial charge in [-0.2, -0.15) is 0 Å². The molecular formula is C80H71Au3OP3Si+3. The maximum absolute atomic E-state index is 7.84. The van der Waals surface area contributed by atoms with Gasteiger partial charge in [-0.25, -0.2) is 0 Å². The van der Waals surface area contributed by atoms with Gasteiger partial charge in [-0.1, -0.05) is 200 Å². The van der Waals surface area contributed by atoms with Crippen molar-refractivity contribution in [2.45, 2.75) is 6.92 Å². The molecule has 8 heteroatoms. The topological polar surface area (TPSA) is 12.8 Å². The van der Waals surface area contributed by atoms with E-state index in [1.807, 2.05) is 79.7 Å². The molecule has 0 amide bonds. The quantitative estimate of drug-likeness (QED) is 0.0257. The molecular weight excluding hydrogens is 1690 g/mol. The van der Waals surface area contributed by atoms with E-state index >= 15 is 0 Å². The average molecular weight is 1760 g/mol. The summed E-state index contributed by atoms with van der Waals surface area (Å²) in [6, 6.07) is 120. The second-order valence-electron chi connectivity index (χ2n) is 19.5. The Morgan fingerprint density at radius 3 is 0.852 bits per heavy atom. The fourth-order valence-electron chi connectivity index (χ4n) is 10.5. The molecule has 0 atom stereocenters.